The molecule has 38 heavy (non-hydrogen) atoms. The van der Waals surface area contributed by atoms with E-state index in [-0.39, 0.29) is 59.9 Å². The molecule has 4 aliphatic rings. The molecule has 1 aromatic carbocycles. The third-order valence-corrected chi connectivity index (χ3v) is 8.07. The minimum atomic E-state index is -2.71. The third-order valence-electron chi connectivity index (χ3n) is 8.07. The van der Waals surface area contributed by atoms with E-state index in [0.29, 0.717) is 6.54 Å². The summed E-state index contributed by atoms with van der Waals surface area (Å²) in [5.74, 6) is -8.09. The number of carbonyl (C=O) groups is 3. The summed E-state index contributed by atoms with van der Waals surface area (Å²) in [6, 6.07) is 0.0386. The summed E-state index contributed by atoms with van der Waals surface area (Å²) in [7, 11) is 3.04. The number of amides is 1. The number of phenols is 1. The van der Waals surface area contributed by atoms with Crippen molar-refractivity contribution in [3.05, 3.63) is 45.5 Å². The first-order valence-electron chi connectivity index (χ1n) is 11.8. The van der Waals surface area contributed by atoms with Crippen molar-refractivity contribution < 1.29 is 39.2 Å². The number of ketones is 2. The summed E-state index contributed by atoms with van der Waals surface area (Å²) in [6.07, 6.45) is 0.856. The van der Waals surface area contributed by atoms with E-state index >= 15 is 4.39 Å². The van der Waals surface area contributed by atoms with Gasteiger partial charge in [0.05, 0.1) is 11.6 Å². The number of halogens is 3. The fourth-order valence-corrected chi connectivity index (χ4v) is 6.24. The fourth-order valence-electron chi connectivity index (χ4n) is 6.24. The Balaban J connectivity index is 0.00000200. The van der Waals surface area contributed by atoms with Gasteiger partial charge in [-0.1, -0.05) is 0 Å². The molecule has 0 radical (unpaired) electrons. The number of carbonyl (C=O) groups excluding carboxylic acids is 3. The fraction of sp³-hybridized carbons (Fsp3) is 0.480. The summed E-state index contributed by atoms with van der Waals surface area (Å²) in [4.78, 5) is 42.2. The zero-order valence-electron chi connectivity index (χ0n) is 20.7. The van der Waals surface area contributed by atoms with Crippen molar-refractivity contribution in [3.8, 4) is 5.75 Å². The van der Waals surface area contributed by atoms with Crippen molar-refractivity contribution in [2.24, 2.45) is 17.6 Å². The van der Waals surface area contributed by atoms with Gasteiger partial charge in [-0.15, -0.1) is 24.8 Å². The molecule has 1 saturated carbocycles. The van der Waals surface area contributed by atoms with Gasteiger partial charge in [-0.25, -0.2) is 4.39 Å². The van der Waals surface area contributed by atoms with Gasteiger partial charge in [-0.2, -0.15) is 0 Å². The number of benzene rings is 1. The van der Waals surface area contributed by atoms with Crippen LogP contribution in [0, 0.1) is 17.7 Å². The molecule has 3 aliphatic carbocycles. The number of rotatable bonds is 4. The monoisotopic (exact) mass is 573 g/mol. The first-order chi connectivity index (χ1) is 16.9. The highest BCUT2D eigenvalue weighted by Crippen LogP contribution is 2.53. The van der Waals surface area contributed by atoms with E-state index in [1.54, 1.807) is 0 Å². The zero-order valence-corrected chi connectivity index (χ0v) is 22.4. The largest absolute Gasteiger partial charge is 0.508 e. The van der Waals surface area contributed by atoms with Crippen LogP contribution in [0.3, 0.4) is 0 Å². The molecule has 4 atom stereocenters. The van der Waals surface area contributed by atoms with Gasteiger partial charge in [0.15, 0.2) is 11.4 Å². The molecule has 0 aromatic heterocycles. The molecule has 0 unspecified atom stereocenters. The van der Waals surface area contributed by atoms with Crippen molar-refractivity contribution in [2.45, 2.75) is 37.5 Å². The molecule has 6 N–H and O–H groups in total. The summed E-state index contributed by atoms with van der Waals surface area (Å²) in [5, 5.41) is 44.2. The highest BCUT2D eigenvalue weighted by Gasteiger charge is 2.64. The van der Waals surface area contributed by atoms with E-state index in [1.165, 1.54) is 25.1 Å². The van der Waals surface area contributed by atoms with Gasteiger partial charge in [-0.05, 0) is 58.4 Å². The van der Waals surface area contributed by atoms with Crippen LogP contribution in [0.15, 0.2) is 23.0 Å². The van der Waals surface area contributed by atoms with Crippen molar-refractivity contribution in [1.82, 2.24) is 9.80 Å². The molecular formula is C25H30Cl2FN3O7. The van der Waals surface area contributed by atoms with Crippen molar-refractivity contribution >= 4 is 48.0 Å². The van der Waals surface area contributed by atoms with Crippen molar-refractivity contribution in [1.29, 1.82) is 0 Å². The Bertz CT molecular complexity index is 1290. The maximum Gasteiger partial charge on any atom is 0.255 e. The van der Waals surface area contributed by atoms with Crippen molar-refractivity contribution in [3.63, 3.8) is 0 Å². The van der Waals surface area contributed by atoms with Gasteiger partial charge in [0.1, 0.15) is 28.7 Å². The van der Waals surface area contributed by atoms with Crippen LogP contribution in [-0.2, 0) is 27.3 Å². The predicted molar refractivity (Wildman–Crippen MR) is 139 cm³/mol. The normalized spacial score (nSPS) is 28.6. The van der Waals surface area contributed by atoms with Crippen LogP contribution < -0.4 is 5.73 Å². The Hall–Kier alpha value is -2.70. The average molecular weight is 574 g/mol. The molecule has 1 aliphatic heterocycles. The Morgan fingerprint density at radius 3 is 2.37 bits per heavy atom. The van der Waals surface area contributed by atoms with Crippen LogP contribution in [0.5, 0.6) is 5.75 Å². The number of likely N-dealkylation sites (N-methyl/N-ethyl adjacent to an activating group) is 1. The number of likely N-dealkylation sites (tertiary alicyclic amines) is 1. The molecule has 13 heteroatoms. The minimum absolute atomic E-state index is 0. The quantitative estimate of drug-likeness (QED) is 0.332. The number of Topliss-reactive ketones (excluding diaryl/α,β-unsaturated/α-hetero) is 2. The number of nitrogens with two attached hydrogens (primary N) is 1. The van der Waals surface area contributed by atoms with Crippen LogP contribution >= 0.6 is 24.8 Å². The molecule has 208 valence electrons. The second-order valence-electron chi connectivity index (χ2n) is 10.3. The topological polar surface area (TPSA) is 165 Å². The van der Waals surface area contributed by atoms with Gasteiger partial charge < -0.3 is 26.2 Å². The van der Waals surface area contributed by atoms with Crippen molar-refractivity contribution in [2.75, 3.05) is 27.2 Å². The Morgan fingerprint density at radius 1 is 1.21 bits per heavy atom. The summed E-state index contributed by atoms with van der Waals surface area (Å²) in [5.41, 5.74) is 1.50. The number of fused-ring (bicyclic) bond motifs is 3. The van der Waals surface area contributed by atoms with Gasteiger partial charge in [0.25, 0.3) is 5.91 Å². The Kier molecular flexibility index (Phi) is 7.95. The number of nitrogens with zero attached hydrogens (tertiary/aromatic N) is 2. The number of aliphatic hydroxyl groups is 3. The standard InChI is InChI=1S/C25H28FN3O7.2ClH/c1-28(2)19-13-7-10-6-12-16(14(30)8-11(18(12)26)9-29-4-3-5-29)20(31)15(10)22(33)25(13,36)23(34)17(21(19)32)24(27)35;;/h8,10,13,19,30-31,34,36H,3-7,9H2,1-2H3,(H2,27,35);2*1H/t10-,13-,19-,25-;;/m0../s1. The molecule has 0 bridgehead atoms. The van der Waals surface area contributed by atoms with Crippen LogP contribution in [0.2, 0.25) is 0 Å². The molecule has 1 saturated heterocycles. The first kappa shape index (κ1) is 29.9. The van der Waals surface area contributed by atoms with E-state index in [1.807, 2.05) is 4.90 Å². The maximum atomic E-state index is 15.6. The lowest BCUT2D eigenvalue weighted by Gasteiger charge is -2.50. The average Bonchev–Trinajstić information content (AvgIpc) is 2.75. The number of hydrogen-bond donors (Lipinski definition) is 5. The second kappa shape index (κ2) is 10.1. The molecule has 1 heterocycles. The van der Waals surface area contributed by atoms with Crippen LogP contribution in [0.25, 0.3) is 5.76 Å². The Morgan fingerprint density at radius 2 is 1.84 bits per heavy atom. The molecule has 2 fully saturated rings. The summed E-state index contributed by atoms with van der Waals surface area (Å²) < 4.78 is 15.6. The number of primary amides is 1. The highest BCUT2D eigenvalue weighted by molar-refractivity contribution is 6.24. The van der Waals surface area contributed by atoms with Crippen LogP contribution in [0.1, 0.15) is 29.5 Å². The number of aliphatic hydroxyl groups excluding tert-OH is 2. The van der Waals surface area contributed by atoms with Gasteiger partial charge in [-0.3, -0.25) is 24.2 Å². The lowest BCUT2D eigenvalue weighted by atomic mass is 9.57. The summed E-state index contributed by atoms with van der Waals surface area (Å²) >= 11 is 0. The van der Waals surface area contributed by atoms with Crippen LogP contribution in [0.4, 0.5) is 4.39 Å². The van der Waals surface area contributed by atoms with E-state index in [2.05, 4.69) is 0 Å². The summed E-state index contributed by atoms with van der Waals surface area (Å²) in [6.45, 7) is 1.92. The lowest BCUT2D eigenvalue weighted by Crippen LogP contribution is -2.65. The second-order valence-corrected chi connectivity index (χ2v) is 10.3. The number of phenolic OH excluding ortho intramolecular Hbond substituents is 1. The maximum absolute atomic E-state index is 15.6. The smallest absolute Gasteiger partial charge is 0.255 e. The SMILES string of the molecule is CN(C)[C@@H]1C(=O)C(C(N)=O)=C(O)[C@@]2(O)C(=O)C3=C(O)c4c(O)cc(CN5CCC5)c(F)c4C[C@H]3C[C@@H]12.Cl.Cl. The van der Waals surface area contributed by atoms with Gasteiger partial charge >= 0.3 is 0 Å². The lowest BCUT2D eigenvalue weighted by molar-refractivity contribution is -0.153. The number of hydrogen-bond acceptors (Lipinski definition) is 9. The third kappa shape index (κ3) is 3.99. The molecule has 5 rings (SSSR count). The zero-order chi connectivity index (χ0) is 26.3. The predicted octanol–water partition coefficient (Wildman–Crippen LogP) is 1.15. The van der Waals surface area contributed by atoms with Crippen LogP contribution in [-0.4, -0.2) is 86.5 Å². The van der Waals surface area contributed by atoms with E-state index < -0.39 is 69.6 Å². The molecule has 1 amide bonds. The minimum Gasteiger partial charge on any atom is -0.508 e. The molecule has 0 spiro atoms. The van der Waals surface area contributed by atoms with E-state index in [0.717, 1.165) is 19.5 Å². The molecule has 1 aromatic rings. The molecule has 10 nitrogen and oxygen atoms in total. The van der Waals surface area contributed by atoms with Gasteiger partial charge in [0, 0.05) is 29.2 Å². The highest BCUT2D eigenvalue weighted by atomic mass is 35.5. The van der Waals surface area contributed by atoms with Gasteiger partial charge in [0.2, 0.25) is 5.78 Å². The molecular weight excluding hydrogens is 544 g/mol. The van der Waals surface area contributed by atoms with E-state index in [4.69, 9.17) is 5.73 Å². The van der Waals surface area contributed by atoms with E-state index in [9.17, 15) is 34.8 Å². The Labute approximate surface area is 230 Å². The number of aromatic hydroxyl groups is 1. The first-order valence-corrected chi connectivity index (χ1v) is 11.8.